The van der Waals surface area contributed by atoms with Crippen molar-refractivity contribution in [1.29, 1.82) is 0 Å². The van der Waals surface area contributed by atoms with E-state index >= 15 is 0 Å². The molecule has 0 aliphatic carbocycles. The van der Waals surface area contributed by atoms with Crippen LogP contribution in [-0.2, 0) is 12.8 Å². The van der Waals surface area contributed by atoms with Gasteiger partial charge in [0.2, 0.25) is 0 Å². The number of nitrogens with zero attached hydrogens (tertiary/aromatic N) is 2. The largest absolute Gasteiger partial charge is 0.303 e. The molecular formula is C24H34N2. The molecule has 0 atom stereocenters. The molecule has 0 bridgehead atoms. The van der Waals surface area contributed by atoms with Gasteiger partial charge in [0.1, 0.15) is 0 Å². The third-order valence-electron chi connectivity index (χ3n) is 5.79. The second-order valence-electron chi connectivity index (χ2n) is 7.65. The molecule has 0 N–H and O–H groups in total. The van der Waals surface area contributed by atoms with Crippen LogP contribution >= 0.6 is 0 Å². The van der Waals surface area contributed by atoms with Gasteiger partial charge in [0, 0.05) is 19.6 Å². The first-order valence-electron chi connectivity index (χ1n) is 10.4. The lowest BCUT2D eigenvalue weighted by Gasteiger charge is -2.34. The van der Waals surface area contributed by atoms with Crippen molar-refractivity contribution < 1.29 is 0 Å². The van der Waals surface area contributed by atoms with Crippen LogP contribution in [0.4, 0.5) is 0 Å². The van der Waals surface area contributed by atoms with Gasteiger partial charge in [0.15, 0.2) is 0 Å². The van der Waals surface area contributed by atoms with Gasteiger partial charge < -0.3 is 9.80 Å². The number of hydrogen-bond acceptors (Lipinski definition) is 2. The first-order chi connectivity index (χ1) is 12.8. The van der Waals surface area contributed by atoms with Gasteiger partial charge in [-0.05, 0) is 62.4 Å². The summed E-state index contributed by atoms with van der Waals surface area (Å²) in [5, 5.41) is 0. The molecule has 2 aromatic rings. The fourth-order valence-corrected chi connectivity index (χ4v) is 4.00. The number of hydrogen-bond donors (Lipinski definition) is 0. The maximum Gasteiger partial charge on any atom is 0.00218 e. The van der Waals surface area contributed by atoms with E-state index in [0.29, 0.717) is 0 Å². The lowest BCUT2D eigenvalue weighted by molar-refractivity contribution is 0.147. The summed E-state index contributed by atoms with van der Waals surface area (Å²) in [6.07, 6.45) is 5.07. The summed E-state index contributed by atoms with van der Waals surface area (Å²) in [6, 6.07) is 21.8. The van der Waals surface area contributed by atoms with E-state index in [1.165, 1.54) is 76.1 Å². The van der Waals surface area contributed by atoms with Crippen LogP contribution in [0.3, 0.4) is 0 Å². The lowest BCUT2D eigenvalue weighted by Crippen LogP contribution is -2.40. The van der Waals surface area contributed by atoms with Crippen LogP contribution in [0.25, 0.3) is 0 Å². The molecule has 0 aromatic heterocycles. The highest BCUT2D eigenvalue weighted by atomic mass is 15.1. The van der Waals surface area contributed by atoms with Crippen LogP contribution in [-0.4, -0.2) is 49.1 Å². The Bertz CT molecular complexity index is 603. The average Bonchev–Trinajstić information content (AvgIpc) is 2.72. The van der Waals surface area contributed by atoms with E-state index in [-0.39, 0.29) is 0 Å². The van der Waals surface area contributed by atoms with Crippen molar-refractivity contribution in [3.8, 4) is 0 Å². The van der Waals surface area contributed by atoms with Crippen molar-refractivity contribution in [2.45, 2.75) is 32.6 Å². The van der Waals surface area contributed by atoms with Gasteiger partial charge in [0.05, 0.1) is 0 Å². The monoisotopic (exact) mass is 350 g/mol. The van der Waals surface area contributed by atoms with Crippen LogP contribution in [0.1, 0.15) is 30.9 Å². The maximum atomic E-state index is 2.66. The van der Waals surface area contributed by atoms with Crippen LogP contribution in [0.2, 0.25) is 0 Å². The molecular weight excluding hydrogens is 316 g/mol. The molecule has 2 heteroatoms. The number of likely N-dealkylation sites (tertiary alicyclic amines) is 1. The molecule has 1 saturated heterocycles. The molecule has 1 heterocycles. The van der Waals surface area contributed by atoms with Crippen molar-refractivity contribution in [3.63, 3.8) is 0 Å². The normalized spacial score (nSPS) is 16.2. The summed E-state index contributed by atoms with van der Waals surface area (Å²) in [5.41, 5.74) is 2.93. The van der Waals surface area contributed by atoms with E-state index in [4.69, 9.17) is 0 Å². The first-order valence-corrected chi connectivity index (χ1v) is 10.4. The second-order valence-corrected chi connectivity index (χ2v) is 7.65. The summed E-state index contributed by atoms with van der Waals surface area (Å²) >= 11 is 0. The Morgan fingerprint density at radius 3 is 2.00 bits per heavy atom. The summed E-state index contributed by atoms with van der Waals surface area (Å²) in [6.45, 7) is 9.69. The van der Waals surface area contributed by atoms with Crippen LogP contribution in [0.5, 0.6) is 0 Å². The summed E-state index contributed by atoms with van der Waals surface area (Å²) in [4.78, 5) is 5.31. The van der Waals surface area contributed by atoms with Crippen molar-refractivity contribution in [2.75, 3.05) is 39.3 Å². The molecule has 140 valence electrons. The zero-order valence-corrected chi connectivity index (χ0v) is 16.3. The highest BCUT2D eigenvalue weighted by Crippen LogP contribution is 2.19. The quantitative estimate of drug-likeness (QED) is 0.657. The van der Waals surface area contributed by atoms with Gasteiger partial charge >= 0.3 is 0 Å². The van der Waals surface area contributed by atoms with Crippen molar-refractivity contribution in [1.82, 2.24) is 9.80 Å². The molecule has 3 rings (SSSR count). The van der Waals surface area contributed by atoms with E-state index in [2.05, 4.69) is 77.4 Å². The third-order valence-corrected chi connectivity index (χ3v) is 5.79. The lowest BCUT2D eigenvalue weighted by atomic mass is 9.95. The summed E-state index contributed by atoms with van der Waals surface area (Å²) in [5.74, 6) is 0.874. The first kappa shape index (κ1) is 19.1. The van der Waals surface area contributed by atoms with Crippen molar-refractivity contribution in [2.24, 2.45) is 5.92 Å². The Morgan fingerprint density at radius 1 is 0.846 bits per heavy atom. The Balaban J connectivity index is 1.35. The van der Waals surface area contributed by atoms with Gasteiger partial charge in [0.25, 0.3) is 0 Å². The summed E-state index contributed by atoms with van der Waals surface area (Å²) < 4.78 is 0. The molecule has 26 heavy (non-hydrogen) atoms. The third kappa shape index (κ3) is 6.26. The SMILES string of the molecule is CCN(CCc1ccccc1)CC1CCN(CCc2ccccc2)CC1. The zero-order chi connectivity index (χ0) is 18.0. The van der Waals surface area contributed by atoms with Crippen LogP contribution < -0.4 is 0 Å². The van der Waals surface area contributed by atoms with Gasteiger partial charge in [-0.3, -0.25) is 0 Å². The summed E-state index contributed by atoms with van der Waals surface area (Å²) in [7, 11) is 0. The number of rotatable bonds is 9. The number of benzene rings is 2. The van der Waals surface area contributed by atoms with Crippen molar-refractivity contribution in [3.05, 3.63) is 71.8 Å². The Morgan fingerprint density at radius 2 is 1.42 bits per heavy atom. The number of likely N-dealkylation sites (N-methyl/N-ethyl adjacent to an activating group) is 1. The Labute approximate surface area is 159 Å². The minimum Gasteiger partial charge on any atom is -0.303 e. The highest BCUT2D eigenvalue weighted by molar-refractivity contribution is 5.15. The molecule has 1 aliphatic heterocycles. The molecule has 1 fully saturated rings. The van der Waals surface area contributed by atoms with Gasteiger partial charge in [-0.25, -0.2) is 0 Å². The van der Waals surface area contributed by atoms with Gasteiger partial charge in [-0.2, -0.15) is 0 Å². The molecule has 0 saturated carbocycles. The predicted octanol–water partition coefficient (Wildman–Crippen LogP) is 4.51. The molecule has 0 amide bonds. The topological polar surface area (TPSA) is 6.48 Å². The minimum atomic E-state index is 0.874. The maximum absolute atomic E-state index is 2.66. The molecule has 2 aromatic carbocycles. The molecule has 0 spiro atoms. The fraction of sp³-hybridized carbons (Fsp3) is 0.500. The van der Waals surface area contributed by atoms with Crippen molar-refractivity contribution >= 4 is 0 Å². The minimum absolute atomic E-state index is 0.874. The Hall–Kier alpha value is -1.64. The predicted molar refractivity (Wildman–Crippen MR) is 112 cm³/mol. The van der Waals surface area contributed by atoms with Crippen LogP contribution in [0.15, 0.2) is 60.7 Å². The number of piperidine rings is 1. The van der Waals surface area contributed by atoms with E-state index in [1.807, 2.05) is 0 Å². The fourth-order valence-electron chi connectivity index (χ4n) is 4.00. The van der Waals surface area contributed by atoms with E-state index in [0.717, 1.165) is 5.92 Å². The van der Waals surface area contributed by atoms with E-state index in [9.17, 15) is 0 Å². The van der Waals surface area contributed by atoms with Gasteiger partial charge in [-0.1, -0.05) is 67.6 Å². The Kier molecular flexibility index (Phi) is 7.72. The second kappa shape index (κ2) is 10.5. The molecule has 0 radical (unpaired) electrons. The smallest absolute Gasteiger partial charge is 0.00218 e. The molecule has 1 aliphatic rings. The van der Waals surface area contributed by atoms with E-state index in [1.54, 1.807) is 0 Å². The zero-order valence-electron chi connectivity index (χ0n) is 16.3. The molecule has 2 nitrogen and oxygen atoms in total. The molecule has 0 unspecified atom stereocenters. The van der Waals surface area contributed by atoms with E-state index < -0.39 is 0 Å². The standard InChI is InChI=1S/C24H34N2/c1-2-25(17-13-22-9-5-3-6-10-22)21-24-15-19-26(20-16-24)18-14-23-11-7-4-8-12-23/h3-12,24H,2,13-21H2,1H3. The van der Waals surface area contributed by atoms with Gasteiger partial charge in [-0.15, -0.1) is 0 Å². The van der Waals surface area contributed by atoms with Crippen LogP contribution in [0, 0.1) is 5.92 Å². The average molecular weight is 351 g/mol. The highest BCUT2D eigenvalue weighted by Gasteiger charge is 2.20.